The second kappa shape index (κ2) is 17.9. The van der Waals surface area contributed by atoms with Crippen molar-refractivity contribution >= 4 is 35.5 Å². The predicted molar refractivity (Wildman–Crippen MR) is 179 cm³/mol. The van der Waals surface area contributed by atoms with Gasteiger partial charge >= 0.3 is 0 Å². The molecule has 0 aliphatic carbocycles. The molecule has 2 aliphatic rings. The largest absolute Gasteiger partial charge is 0.481 e. The van der Waals surface area contributed by atoms with E-state index in [9.17, 15) is 24.0 Å². The van der Waals surface area contributed by atoms with Gasteiger partial charge < -0.3 is 36.2 Å². The summed E-state index contributed by atoms with van der Waals surface area (Å²) in [5.41, 5.74) is 3.10. The summed E-state index contributed by atoms with van der Waals surface area (Å²) < 4.78 is 0. The smallest absolute Gasteiger partial charge is 0.300 e. The van der Waals surface area contributed by atoms with E-state index in [2.05, 4.69) is 21.3 Å². The van der Waals surface area contributed by atoms with Crippen molar-refractivity contribution in [1.82, 2.24) is 31.1 Å². The van der Waals surface area contributed by atoms with E-state index in [-0.39, 0.29) is 43.8 Å². The van der Waals surface area contributed by atoms with E-state index in [0.717, 1.165) is 23.6 Å². The Labute approximate surface area is 281 Å². The lowest BCUT2D eigenvalue weighted by Crippen LogP contribution is -2.59. The maximum Gasteiger partial charge on any atom is 0.300 e. The number of aliphatic carboxylic acids is 1. The van der Waals surface area contributed by atoms with Crippen molar-refractivity contribution in [1.29, 1.82) is 0 Å². The summed E-state index contributed by atoms with van der Waals surface area (Å²) in [6, 6.07) is 14.2. The molecule has 0 unspecified atom stereocenters. The first kappa shape index (κ1) is 37.7. The number of nitrogens with zero attached hydrogens (tertiary/aromatic N) is 2. The minimum Gasteiger partial charge on any atom is -0.481 e. The third-order valence-corrected chi connectivity index (χ3v) is 8.31. The molecule has 0 radical (unpaired) electrons. The molecule has 2 aliphatic heterocycles. The number of hydrogen-bond acceptors (Lipinski definition) is 7. The fraction of sp³-hybridized carbons (Fsp3) is 0.486. The van der Waals surface area contributed by atoms with E-state index in [0.29, 0.717) is 19.4 Å². The molecule has 2 aromatic carbocycles. The number of amides is 5. The molecular weight excluding hydrogens is 616 g/mol. The third kappa shape index (κ3) is 10.9. The van der Waals surface area contributed by atoms with Gasteiger partial charge in [-0.3, -0.25) is 28.8 Å². The van der Waals surface area contributed by atoms with Crippen molar-refractivity contribution in [3.8, 4) is 0 Å². The minimum absolute atomic E-state index is 0.212. The lowest BCUT2D eigenvalue weighted by atomic mass is 9.94. The first-order valence-corrected chi connectivity index (χ1v) is 16.2. The van der Waals surface area contributed by atoms with Crippen LogP contribution in [-0.2, 0) is 48.2 Å². The zero-order valence-corrected chi connectivity index (χ0v) is 28.3. The van der Waals surface area contributed by atoms with Gasteiger partial charge in [-0.1, -0.05) is 68.4 Å². The maximum absolute atomic E-state index is 13.9. The molecule has 48 heavy (non-hydrogen) atoms. The number of hydrogen-bond donors (Lipinski definition) is 5. The summed E-state index contributed by atoms with van der Waals surface area (Å²) in [5, 5.41) is 19.2. The van der Waals surface area contributed by atoms with E-state index in [1.54, 1.807) is 6.92 Å². The highest BCUT2D eigenvalue weighted by molar-refractivity contribution is 5.95. The van der Waals surface area contributed by atoms with Crippen LogP contribution in [0.3, 0.4) is 0 Å². The first-order valence-electron chi connectivity index (χ1n) is 16.2. The van der Waals surface area contributed by atoms with Crippen LogP contribution in [0.4, 0.5) is 0 Å². The molecule has 4 atom stereocenters. The monoisotopic (exact) mass is 664 g/mol. The van der Waals surface area contributed by atoms with Crippen LogP contribution < -0.4 is 21.3 Å². The zero-order chi connectivity index (χ0) is 35.4. The van der Waals surface area contributed by atoms with Gasteiger partial charge in [-0.15, -0.1) is 0 Å². The number of benzene rings is 2. The van der Waals surface area contributed by atoms with E-state index < -0.39 is 47.9 Å². The lowest BCUT2D eigenvalue weighted by molar-refractivity contribution is -0.144. The highest BCUT2D eigenvalue weighted by Crippen LogP contribution is 2.19. The van der Waals surface area contributed by atoms with E-state index in [1.807, 2.05) is 68.4 Å². The molecule has 1 fully saturated rings. The molecule has 4 rings (SSSR count). The van der Waals surface area contributed by atoms with Gasteiger partial charge in [0.1, 0.15) is 18.1 Å². The van der Waals surface area contributed by atoms with Crippen LogP contribution in [0.15, 0.2) is 54.6 Å². The number of nitrogens with one attached hydrogen (secondary N) is 4. The summed E-state index contributed by atoms with van der Waals surface area (Å²) in [4.78, 5) is 79.0. The number of carboxylic acid groups (broad SMARTS) is 1. The Morgan fingerprint density at radius 2 is 1.56 bits per heavy atom. The molecule has 1 saturated heterocycles. The van der Waals surface area contributed by atoms with Gasteiger partial charge in [-0.2, -0.15) is 0 Å². The van der Waals surface area contributed by atoms with Gasteiger partial charge in [-0.25, -0.2) is 0 Å². The van der Waals surface area contributed by atoms with Crippen molar-refractivity contribution < 1.29 is 33.9 Å². The number of likely N-dealkylation sites (N-methyl/N-ethyl adjacent to an activating group) is 1. The molecule has 5 amide bonds. The van der Waals surface area contributed by atoms with Gasteiger partial charge in [0.25, 0.3) is 5.97 Å². The second-order valence-corrected chi connectivity index (χ2v) is 12.5. The van der Waals surface area contributed by atoms with Crippen LogP contribution in [-0.4, -0.2) is 101 Å². The minimum atomic E-state index is -0.907. The summed E-state index contributed by atoms with van der Waals surface area (Å²) in [6.07, 6.45) is 1.16. The number of carbonyl (C=O) groups excluding carboxylic acids is 5. The fourth-order valence-corrected chi connectivity index (χ4v) is 5.67. The Hall–Kier alpha value is -4.78. The Balaban J connectivity index is 0.00000148. The van der Waals surface area contributed by atoms with Crippen molar-refractivity contribution in [3.05, 3.63) is 71.3 Å². The first-order chi connectivity index (χ1) is 22.8. The van der Waals surface area contributed by atoms with Gasteiger partial charge in [0.05, 0.1) is 12.6 Å². The molecule has 2 aromatic rings. The summed E-state index contributed by atoms with van der Waals surface area (Å²) >= 11 is 0. The standard InChI is InChI=1S/C33H44N6O5.C2H4O2/c1-21(2)29-33(44)38(4)20-28(40)36-26(17-23-11-6-5-7-12-23)31(42)34-15-10-16-39(22(3)30(41)37-29)32(43)27-18-24-13-8-9-14-25(24)19-35-27;1-2(3)4/h5-9,11-14,21-22,26-27,29,35H,10,15-20H2,1-4H3,(H,34,42)(H,36,40)(H,37,41);1H3,(H,3,4)/t22-,26+,27-,29+;/m1./s1. The quantitative estimate of drug-likeness (QED) is 0.320. The molecule has 0 spiro atoms. The Morgan fingerprint density at radius 1 is 0.938 bits per heavy atom. The summed E-state index contributed by atoms with van der Waals surface area (Å²) in [6.45, 7) is 7.07. The average molecular weight is 665 g/mol. The molecule has 2 heterocycles. The number of carbonyl (C=O) groups is 6. The Bertz CT molecular complexity index is 1450. The molecule has 5 N–H and O–H groups in total. The molecule has 13 heteroatoms. The zero-order valence-electron chi connectivity index (χ0n) is 28.3. The van der Waals surface area contributed by atoms with E-state index in [1.165, 1.54) is 16.8 Å². The molecule has 0 saturated carbocycles. The Morgan fingerprint density at radius 3 is 2.21 bits per heavy atom. The van der Waals surface area contributed by atoms with Gasteiger partial charge in [0.15, 0.2) is 0 Å². The molecular formula is C35H48N6O7. The van der Waals surface area contributed by atoms with Crippen molar-refractivity contribution in [2.45, 2.75) is 77.7 Å². The fourth-order valence-electron chi connectivity index (χ4n) is 5.67. The van der Waals surface area contributed by atoms with Crippen LogP contribution >= 0.6 is 0 Å². The summed E-state index contributed by atoms with van der Waals surface area (Å²) in [7, 11) is 1.49. The van der Waals surface area contributed by atoms with E-state index >= 15 is 0 Å². The lowest BCUT2D eigenvalue weighted by Gasteiger charge is -2.35. The van der Waals surface area contributed by atoms with Crippen molar-refractivity contribution in [2.75, 3.05) is 26.7 Å². The van der Waals surface area contributed by atoms with Crippen molar-refractivity contribution in [3.63, 3.8) is 0 Å². The van der Waals surface area contributed by atoms with Crippen LogP contribution in [0.5, 0.6) is 0 Å². The van der Waals surface area contributed by atoms with Gasteiger partial charge in [0.2, 0.25) is 29.5 Å². The van der Waals surface area contributed by atoms with E-state index in [4.69, 9.17) is 9.90 Å². The number of carboxylic acids is 1. The Kier molecular flexibility index (Phi) is 14.1. The van der Waals surface area contributed by atoms with Crippen LogP contribution in [0, 0.1) is 5.92 Å². The second-order valence-electron chi connectivity index (χ2n) is 12.5. The third-order valence-electron chi connectivity index (χ3n) is 8.31. The highest BCUT2D eigenvalue weighted by Gasteiger charge is 2.36. The molecule has 13 nitrogen and oxygen atoms in total. The van der Waals surface area contributed by atoms with Crippen LogP contribution in [0.2, 0.25) is 0 Å². The average Bonchev–Trinajstić information content (AvgIpc) is 3.05. The predicted octanol–water partition coefficient (Wildman–Crippen LogP) is 0.856. The number of fused-ring (bicyclic) bond motifs is 1. The molecule has 0 aromatic heterocycles. The summed E-state index contributed by atoms with van der Waals surface area (Å²) in [5.74, 6) is -3.07. The maximum atomic E-state index is 13.9. The molecule has 0 bridgehead atoms. The van der Waals surface area contributed by atoms with Crippen LogP contribution in [0.1, 0.15) is 50.8 Å². The van der Waals surface area contributed by atoms with Crippen LogP contribution in [0.25, 0.3) is 0 Å². The van der Waals surface area contributed by atoms with Crippen molar-refractivity contribution in [2.24, 2.45) is 5.92 Å². The normalized spacial score (nSPS) is 22.8. The topological polar surface area (TPSA) is 177 Å². The SMILES string of the molecule is CC(=O)O.CC(C)[C@@H]1NC(=O)[C@@H](C)N(C(=O)[C@H]2Cc3ccccc3CN2)CCCNC(=O)[C@H](Cc2ccccc2)NC(=O)CN(C)C1=O. The highest BCUT2D eigenvalue weighted by atomic mass is 16.4. The van der Waals surface area contributed by atoms with Gasteiger partial charge in [-0.05, 0) is 42.4 Å². The molecule has 260 valence electrons. The number of rotatable bonds is 4. The van der Waals surface area contributed by atoms with Gasteiger partial charge in [0, 0.05) is 40.0 Å².